The zero-order chi connectivity index (χ0) is 21.3. The van der Waals surface area contributed by atoms with Crippen molar-refractivity contribution in [3.8, 4) is 17.1 Å². The molecule has 2 aromatic carbocycles. The van der Waals surface area contributed by atoms with Gasteiger partial charge in [0.25, 0.3) is 5.91 Å². The molecule has 0 aliphatic heterocycles. The lowest BCUT2D eigenvalue weighted by Crippen LogP contribution is -2.16. The lowest BCUT2D eigenvalue weighted by molar-refractivity contribution is -0.137. The fraction of sp³-hybridized carbons (Fsp3) is 0.211. The topological polar surface area (TPSA) is 83.0 Å². The van der Waals surface area contributed by atoms with Crippen molar-refractivity contribution in [2.45, 2.75) is 19.2 Å². The predicted octanol–water partition coefficient (Wildman–Crippen LogP) is 4.39. The summed E-state index contributed by atoms with van der Waals surface area (Å²) in [7, 11) is 1.54. The Bertz CT molecular complexity index is 1070. The van der Waals surface area contributed by atoms with Gasteiger partial charge in [-0.25, -0.2) is 0 Å². The smallest absolute Gasteiger partial charge is 0.417 e. The molecule has 0 aliphatic carbocycles. The molecule has 152 valence electrons. The van der Waals surface area contributed by atoms with E-state index in [1.165, 1.54) is 48.0 Å². The molecule has 0 saturated carbocycles. The van der Waals surface area contributed by atoms with E-state index >= 15 is 0 Å². The van der Waals surface area contributed by atoms with Gasteiger partial charge in [-0.05, 0) is 31.2 Å². The first-order valence-electron chi connectivity index (χ1n) is 8.41. The van der Waals surface area contributed by atoms with E-state index in [9.17, 15) is 18.0 Å². The van der Waals surface area contributed by atoms with Crippen LogP contribution >= 0.6 is 11.6 Å². The number of alkyl halides is 3. The van der Waals surface area contributed by atoms with Gasteiger partial charge in [-0.2, -0.15) is 13.2 Å². The molecule has 0 bridgehead atoms. The number of rotatable bonds is 5. The number of carbonyl (C=O) groups is 1. The highest BCUT2D eigenvalue weighted by molar-refractivity contribution is 6.31. The van der Waals surface area contributed by atoms with Crippen LogP contribution in [0.25, 0.3) is 11.4 Å². The molecule has 3 rings (SSSR count). The summed E-state index contributed by atoms with van der Waals surface area (Å²) in [5.41, 5.74) is 4.51. The van der Waals surface area contributed by atoms with Gasteiger partial charge in [-0.1, -0.05) is 29.8 Å². The van der Waals surface area contributed by atoms with E-state index in [0.717, 1.165) is 6.07 Å². The molecule has 29 heavy (non-hydrogen) atoms. The summed E-state index contributed by atoms with van der Waals surface area (Å²) in [6.45, 7) is 1.63. The van der Waals surface area contributed by atoms with Gasteiger partial charge in [0, 0.05) is 17.6 Å². The molecule has 1 aromatic heterocycles. The molecule has 1 heterocycles. The lowest BCUT2D eigenvalue weighted by atomic mass is 10.1. The number of benzene rings is 2. The van der Waals surface area contributed by atoms with Crippen LogP contribution in [0.1, 0.15) is 34.8 Å². The third-order valence-electron chi connectivity index (χ3n) is 4.26. The van der Waals surface area contributed by atoms with Crippen molar-refractivity contribution in [1.29, 1.82) is 0 Å². The molecule has 6 nitrogen and oxygen atoms in total. The van der Waals surface area contributed by atoms with Crippen molar-refractivity contribution in [2.24, 2.45) is 12.8 Å². The third kappa shape index (κ3) is 4.19. The Hall–Kier alpha value is -3.07. The fourth-order valence-electron chi connectivity index (χ4n) is 2.90. The van der Waals surface area contributed by atoms with E-state index in [0.29, 0.717) is 5.02 Å². The summed E-state index contributed by atoms with van der Waals surface area (Å²) < 4.78 is 47.2. The third-order valence-corrected chi connectivity index (χ3v) is 4.49. The molecule has 0 aliphatic rings. The Morgan fingerprint density at radius 2 is 1.90 bits per heavy atom. The van der Waals surface area contributed by atoms with E-state index < -0.39 is 23.8 Å². The van der Waals surface area contributed by atoms with E-state index in [2.05, 4.69) is 10.2 Å². The van der Waals surface area contributed by atoms with E-state index in [1.807, 2.05) is 0 Å². The molecule has 0 spiro atoms. The Morgan fingerprint density at radius 3 is 2.55 bits per heavy atom. The summed E-state index contributed by atoms with van der Waals surface area (Å²) >= 11 is 5.88. The molecule has 3 aromatic rings. The van der Waals surface area contributed by atoms with Crippen molar-refractivity contribution < 1.29 is 22.7 Å². The Labute approximate surface area is 169 Å². The number of carbonyl (C=O) groups excluding carboxylic acids is 1. The number of halogens is 4. The Kier molecular flexibility index (Phi) is 5.52. The number of hydrogen-bond donors (Lipinski definition) is 1. The number of primary amides is 1. The molecule has 0 saturated heterocycles. The van der Waals surface area contributed by atoms with Crippen LogP contribution in [-0.4, -0.2) is 20.7 Å². The van der Waals surface area contributed by atoms with Crippen molar-refractivity contribution >= 4 is 17.5 Å². The largest absolute Gasteiger partial charge is 0.482 e. The van der Waals surface area contributed by atoms with Gasteiger partial charge in [0.05, 0.1) is 11.1 Å². The maximum atomic E-state index is 13.3. The lowest BCUT2D eigenvalue weighted by Gasteiger charge is -2.17. The van der Waals surface area contributed by atoms with Crippen molar-refractivity contribution in [3.63, 3.8) is 0 Å². The zero-order valence-electron chi connectivity index (χ0n) is 15.4. The highest BCUT2D eigenvalue weighted by Gasteiger charge is 2.35. The maximum absolute atomic E-state index is 13.3. The first-order chi connectivity index (χ1) is 13.6. The number of aromatic nitrogens is 3. The molecule has 1 amide bonds. The second-order valence-electron chi connectivity index (χ2n) is 6.25. The van der Waals surface area contributed by atoms with Gasteiger partial charge < -0.3 is 15.0 Å². The molecule has 2 N–H and O–H groups in total. The van der Waals surface area contributed by atoms with Crippen LogP contribution in [0.2, 0.25) is 5.02 Å². The SMILES string of the molecule is CC(Oc1ccc(Cl)cc1C(N)=O)c1nnc(-c2ccccc2C(F)(F)F)n1C. The minimum absolute atomic E-state index is 0.0367. The van der Waals surface area contributed by atoms with Crippen LogP contribution in [-0.2, 0) is 13.2 Å². The number of hydrogen-bond acceptors (Lipinski definition) is 4. The minimum atomic E-state index is -4.54. The van der Waals surface area contributed by atoms with Gasteiger partial charge >= 0.3 is 6.18 Å². The van der Waals surface area contributed by atoms with E-state index in [-0.39, 0.29) is 28.5 Å². The summed E-state index contributed by atoms with van der Waals surface area (Å²) in [6, 6.07) is 9.48. The Morgan fingerprint density at radius 1 is 1.21 bits per heavy atom. The predicted molar refractivity (Wildman–Crippen MR) is 100 cm³/mol. The summed E-state index contributed by atoms with van der Waals surface area (Å²) in [4.78, 5) is 11.6. The maximum Gasteiger partial charge on any atom is 0.417 e. The van der Waals surface area contributed by atoms with Gasteiger partial charge in [-0.3, -0.25) is 4.79 Å². The molecule has 1 unspecified atom stereocenters. The van der Waals surface area contributed by atoms with Crippen molar-refractivity contribution in [3.05, 3.63) is 64.4 Å². The average Bonchev–Trinajstić information content (AvgIpc) is 3.03. The highest BCUT2D eigenvalue weighted by atomic mass is 35.5. The van der Waals surface area contributed by atoms with E-state index in [4.69, 9.17) is 22.1 Å². The number of ether oxygens (including phenoxy) is 1. The monoisotopic (exact) mass is 424 g/mol. The highest BCUT2D eigenvalue weighted by Crippen LogP contribution is 2.37. The molecule has 10 heteroatoms. The van der Waals surface area contributed by atoms with Crippen LogP contribution in [0, 0.1) is 0 Å². The second kappa shape index (κ2) is 7.75. The van der Waals surface area contributed by atoms with Gasteiger partial charge in [0.15, 0.2) is 17.8 Å². The minimum Gasteiger partial charge on any atom is -0.482 e. The van der Waals surface area contributed by atoms with Crippen molar-refractivity contribution in [2.75, 3.05) is 0 Å². The van der Waals surface area contributed by atoms with E-state index in [1.54, 1.807) is 6.92 Å². The second-order valence-corrected chi connectivity index (χ2v) is 6.69. The summed E-state index contributed by atoms with van der Waals surface area (Å²) in [5, 5.41) is 8.21. The van der Waals surface area contributed by atoms with Gasteiger partial charge in [0.2, 0.25) is 0 Å². The Balaban J connectivity index is 1.96. The molecule has 1 atom stereocenters. The number of amides is 1. The number of nitrogens with zero attached hydrogens (tertiary/aromatic N) is 3. The van der Waals surface area contributed by atoms with Crippen LogP contribution in [0.5, 0.6) is 5.75 Å². The fourth-order valence-corrected chi connectivity index (χ4v) is 3.07. The molecule has 0 radical (unpaired) electrons. The van der Waals surface area contributed by atoms with Gasteiger partial charge in [-0.15, -0.1) is 10.2 Å². The van der Waals surface area contributed by atoms with Crippen LogP contribution < -0.4 is 10.5 Å². The van der Waals surface area contributed by atoms with Crippen LogP contribution in [0.15, 0.2) is 42.5 Å². The number of nitrogens with two attached hydrogens (primary N) is 1. The average molecular weight is 425 g/mol. The molecular formula is C19H16ClF3N4O2. The zero-order valence-corrected chi connectivity index (χ0v) is 16.1. The summed E-state index contributed by atoms with van der Waals surface area (Å²) in [5.74, 6) is -0.251. The first kappa shape index (κ1) is 20.7. The molecular weight excluding hydrogens is 409 g/mol. The first-order valence-corrected chi connectivity index (χ1v) is 8.79. The van der Waals surface area contributed by atoms with Gasteiger partial charge in [0.1, 0.15) is 5.75 Å². The van der Waals surface area contributed by atoms with Crippen LogP contribution in [0.4, 0.5) is 13.2 Å². The van der Waals surface area contributed by atoms with Crippen LogP contribution in [0.3, 0.4) is 0 Å². The molecule has 0 fully saturated rings. The standard InChI is InChI=1S/C19H16ClF3N4O2/c1-10(29-15-8-7-11(20)9-13(15)16(24)28)17-25-26-18(27(17)2)12-5-3-4-6-14(12)19(21,22)23/h3-10H,1-2H3,(H2,24,28). The quantitative estimate of drug-likeness (QED) is 0.658. The normalized spacial score (nSPS) is 12.6. The van der Waals surface area contributed by atoms with Crippen molar-refractivity contribution in [1.82, 2.24) is 14.8 Å². The summed E-state index contributed by atoms with van der Waals surface area (Å²) in [6.07, 6.45) is -5.27.